The molecule has 2 heterocycles. The molecule has 188 valence electrons. The van der Waals surface area contributed by atoms with Crippen LogP contribution in [0.4, 0.5) is 8.78 Å². The first-order chi connectivity index (χ1) is 17.1. The van der Waals surface area contributed by atoms with Gasteiger partial charge >= 0.3 is 5.97 Å². The second-order valence-electron chi connectivity index (χ2n) is 9.32. The fourth-order valence-electron chi connectivity index (χ4n) is 3.85. The number of methoxy groups -OCH3 is 1. The number of halogens is 3. The first-order valence-corrected chi connectivity index (χ1v) is 11.8. The van der Waals surface area contributed by atoms with Crippen LogP contribution in [0.5, 0.6) is 0 Å². The summed E-state index contributed by atoms with van der Waals surface area (Å²) in [7, 11) is 1.57. The zero-order chi connectivity index (χ0) is 26.0. The molecule has 6 nitrogen and oxygen atoms in total. The Balaban J connectivity index is 1.72. The second-order valence-corrected chi connectivity index (χ2v) is 9.71. The van der Waals surface area contributed by atoms with Crippen LogP contribution in [-0.2, 0) is 22.4 Å². The Morgan fingerprint density at radius 1 is 1.06 bits per heavy atom. The standard InChI is InChI=1S/C27H26ClF2N3O3/c1-27(2,3)36-26(34)16-8-9-22-23(13-16)33(10-11-35-4)25(32-22)14-17-12-20(30)18(15-19(17)29)21-6-5-7-24(28)31-21/h5-9,12-13,15H,10-11,14H2,1-4H3. The van der Waals surface area contributed by atoms with Gasteiger partial charge in [0.25, 0.3) is 0 Å². The Labute approximate surface area is 212 Å². The van der Waals surface area contributed by atoms with Gasteiger partial charge in [-0.25, -0.2) is 23.5 Å². The topological polar surface area (TPSA) is 66.2 Å². The molecule has 0 bridgehead atoms. The van der Waals surface area contributed by atoms with Crippen molar-refractivity contribution in [2.24, 2.45) is 0 Å². The van der Waals surface area contributed by atoms with E-state index in [0.29, 0.717) is 35.6 Å². The maximum atomic E-state index is 15.1. The minimum Gasteiger partial charge on any atom is -0.456 e. The van der Waals surface area contributed by atoms with Crippen LogP contribution in [0.1, 0.15) is 42.5 Å². The van der Waals surface area contributed by atoms with E-state index in [0.717, 1.165) is 12.1 Å². The van der Waals surface area contributed by atoms with Crippen molar-refractivity contribution in [3.8, 4) is 11.3 Å². The Morgan fingerprint density at radius 2 is 1.83 bits per heavy atom. The van der Waals surface area contributed by atoms with E-state index in [2.05, 4.69) is 9.97 Å². The van der Waals surface area contributed by atoms with Crippen LogP contribution in [0, 0.1) is 11.6 Å². The predicted molar refractivity (Wildman–Crippen MR) is 134 cm³/mol. The number of nitrogens with zero attached hydrogens (tertiary/aromatic N) is 3. The molecule has 0 saturated heterocycles. The van der Waals surface area contributed by atoms with E-state index in [1.54, 1.807) is 64.3 Å². The quantitative estimate of drug-likeness (QED) is 0.217. The lowest BCUT2D eigenvalue weighted by molar-refractivity contribution is 0.00696. The lowest BCUT2D eigenvalue weighted by Crippen LogP contribution is -2.23. The number of fused-ring (bicyclic) bond motifs is 1. The van der Waals surface area contributed by atoms with Crippen LogP contribution in [0.25, 0.3) is 22.3 Å². The average Bonchev–Trinajstić information content (AvgIpc) is 3.14. The maximum absolute atomic E-state index is 15.1. The number of carbonyl (C=O) groups excluding carboxylic acids is 1. The molecule has 4 aromatic rings. The second kappa shape index (κ2) is 10.3. The van der Waals surface area contributed by atoms with Gasteiger partial charge in [0.15, 0.2) is 0 Å². The number of hydrogen-bond acceptors (Lipinski definition) is 5. The summed E-state index contributed by atoms with van der Waals surface area (Å²) in [5.74, 6) is -1.15. The van der Waals surface area contributed by atoms with Crippen molar-refractivity contribution in [3.05, 3.63) is 82.3 Å². The largest absolute Gasteiger partial charge is 0.456 e. The minimum atomic E-state index is -0.637. The Bertz CT molecular complexity index is 1430. The lowest BCUT2D eigenvalue weighted by atomic mass is 10.0. The van der Waals surface area contributed by atoms with Gasteiger partial charge in [-0.2, -0.15) is 0 Å². The average molecular weight is 514 g/mol. The molecule has 36 heavy (non-hydrogen) atoms. The maximum Gasteiger partial charge on any atom is 0.338 e. The molecule has 0 atom stereocenters. The van der Waals surface area contributed by atoms with Crippen molar-refractivity contribution in [2.75, 3.05) is 13.7 Å². The van der Waals surface area contributed by atoms with Crippen LogP contribution in [0.15, 0.2) is 48.5 Å². The number of esters is 1. The summed E-state index contributed by atoms with van der Waals surface area (Å²) in [6.45, 7) is 6.17. The minimum absolute atomic E-state index is 0.0219. The highest BCUT2D eigenvalue weighted by atomic mass is 35.5. The summed E-state index contributed by atoms with van der Waals surface area (Å²) in [5.41, 5.74) is 1.43. The third kappa shape index (κ3) is 5.71. The van der Waals surface area contributed by atoms with Crippen molar-refractivity contribution in [2.45, 2.75) is 39.3 Å². The fraction of sp³-hybridized carbons (Fsp3) is 0.296. The van der Waals surface area contributed by atoms with Gasteiger partial charge in [0, 0.05) is 25.6 Å². The van der Waals surface area contributed by atoms with E-state index in [9.17, 15) is 9.18 Å². The molecule has 2 aromatic heterocycles. The Kier molecular flexibility index (Phi) is 7.38. The van der Waals surface area contributed by atoms with Gasteiger partial charge in [-0.05, 0) is 68.8 Å². The molecular weight excluding hydrogens is 488 g/mol. The van der Waals surface area contributed by atoms with E-state index < -0.39 is 23.2 Å². The van der Waals surface area contributed by atoms with E-state index in [1.807, 2.05) is 4.57 Å². The lowest BCUT2D eigenvalue weighted by Gasteiger charge is -2.19. The third-order valence-corrected chi connectivity index (χ3v) is 5.67. The number of aromatic nitrogens is 3. The highest BCUT2D eigenvalue weighted by Crippen LogP contribution is 2.28. The van der Waals surface area contributed by atoms with Gasteiger partial charge in [-0.3, -0.25) is 0 Å². The van der Waals surface area contributed by atoms with Crippen LogP contribution in [0.2, 0.25) is 5.15 Å². The fourth-order valence-corrected chi connectivity index (χ4v) is 4.02. The van der Waals surface area contributed by atoms with Crippen LogP contribution < -0.4 is 0 Å². The van der Waals surface area contributed by atoms with Crippen molar-refractivity contribution in [1.29, 1.82) is 0 Å². The summed E-state index contributed by atoms with van der Waals surface area (Å²) >= 11 is 5.91. The number of imidazole rings is 1. The molecule has 0 aliphatic heterocycles. The molecule has 0 aliphatic carbocycles. The first-order valence-electron chi connectivity index (χ1n) is 11.4. The molecule has 0 unspecified atom stereocenters. The summed E-state index contributed by atoms with van der Waals surface area (Å²) in [4.78, 5) is 21.3. The summed E-state index contributed by atoms with van der Waals surface area (Å²) in [6.07, 6.45) is 0.0339. The molecule has 0 radical (unpaired) electrons. The number of benzene rings is 2. The molecule has 0 spiro atoms. The number of ether oxygens (including phenoxy) is 2. The molecule has 4 rings (SSSR count). The first kappa shape index (κ1) is 25.7. The molecular formula is C27H26ClF2N3O3. The summed E-state index contributed by atoms with van der Waals surface area (Å²) in [5, 5.41) is 0.189. The summed E-state index contributed by atoms with van der Waals surface area (Å²) < 4.78 is 42.7. The SMILES string of the molecule is COCCn1c(Cc2cc(F)c(-c3cccc(Cl)n3)cc2F)nc2ccc(C(=O)OC(C)(C)C)cc21. The monoisotopic (exact) mass is 513 g/mol. The Morgan fingerprint density at radius 3 is 2.53 bits per heavy atom. The molecule has 0 saturated carbocycles. The molecule has 0 fully saturated rings. The van der Waals surface area contributed by atoms with Gasteiger partial charge < -0.3 is 14.0 Å². The number of hydrogen-bond donors (Lipinski definition) is 0. The van der Waals surface area contributed by atoms with Crippen molar-refractivity contribution in [3.63, 3.8) is 0 Å². The van der Waals surface area contributed by atoms with Gasteiger partial charge in [0.05, 0.1) is 28.9 Å². The summed E-state index contributed by atoms with van der Waals surface area (Å²) in [6, 6.07) is 12.1. The number of carbonyl (C=O) groups is 1. The van der Waals surface area contributed by atoms with E-state index in [-0.39, 0.29) is 28.4 Å². The van der Waals surface area contributed by atoms with E-state index >= 15 is 4.39 Å². The van der Waals surface area contributed by atoms with Crippen molar-refractivity contribution < 1.29 is 23.0 Å². The Hall–Kier alpha value is -3.36. The molecule has 0 amide bonds. The molecule has 0 N–H and O–H groups in total. The van der Waals surface area contributed by atoms with Crippen LogP contribution in [-0.4, -0.2) is 39.8 Å². The molecule has 9 heteroatoms. The van der Waals surface area contributed by atoms with Gasteiger partial charge in [-0.15, -0.1) is 0 Å². The van der Waals surface area contributed by atoms with Gasteiger partial charge in [0.1, 0.15) is 28.2 Å². The highest BCUT2D eigenvalue weighted by molar-refractivity contribution is 6.29. The van der Waals surface area contributed by atoms with Crippen molar-refractivity contribution in [1.82, 2.24) is 14.5 Å². The zero-order valence-electron chi connectivity index (χ0n) is 20.4. The third-order valence-electron chi connectivity index (χ3n) is 5.46. The number of rotatable bonds is 7. The van der Waals surface area contributed by atoms with E-state index in [4.69, 9.17) is 21.1 Å². The smallest absolute Gasteiger partial charge is 0.338 e. The zero-order valence-corrected chi connectivity index (χ0v) is 21.2. The van der Waals surface area contributed by atoms with Gasteiger partial charge in [-0.1, -0.05) is 17.7 Å². The van der Waals surface area contributed by atoms with Crippen LogP contribution in [0.3, 0.4) is 0 Å². The van der Waals surface area contributed by atoms with Crippen molar-refractivity contribution >= 4 is 28.6 Å². The predicted octanol–water partition coefficient (Wildman–Crippen LogP) is 6.22. The normalized spacial score (nSPS) is 11.8. The van der Waals surface area contributed by atoms with Crippen LogP contribution >= 0.6 is 11.6 Å². The molecule has 0 aliphatic rings. The number of pyridine rings is 1. The highest BCUT2D eigenvalue weighted by Gasteiger charge is 2.21. The van der Waals surface area contributed by atoms with E-state index in [1.165, 1.54) is 0 Å². The molecule has 2 aromatic carbocycles. The van der Waals surface area contributed by atoms with Gasteiger partial charge in [0.2, 0.25) is 0 Å².